The van der Waals surface area contributed by atoms with Crippen LogP contribution in [0.3, 0.4) is 0 Å². The number of nitrogen functional groups attached to an aromatic ring is 1. The molecule has 1 aliphatic heterocycles. The molecule has 3 aromatic heterocycles. The molecule has 0 unspecified atom stereocenters. The molecule has 7 nitrogen and oxygen atoms in total. The average Bonchev–Trinajstić information content (AvgIpc) is 3.26. The van der Waals surface area contributed by atoms with E-state index in [1.165, 1.54) is 30.6 Å². The first kappa shape index (κ1) is 23.7. The van der Waals surface area contributed by atoms with Crippen LogP contribution in [0.15, 0.2) is 55.1 Å². The maximum atomic E-state index is 13.7. The van der Waals surface area contributed by atoms with Crippen molar-refractivity contribution in [3.8, 4) is 11.3 Å². The molecule has 1 atom stereocenters. The molecule has 4 heterocycles. The van der Waals surface area contributed by atoms with Crippen LogP contribution in [-0.4, -0.2) is 43.5 Å². The van der Waals surface area contributed by atoms with E-state index in [2.05, 4.69) is 15.1 Å². The van der Waals surface area contributed by atoms with E-state index in [1.807, 2.05) is 6.07 Å². The van der Waals surface area contributed by atoms with E-state index >= 15 is 0 Å². The first-order valence-electron chi connectivity index (χ1n) is 11.4. The molecule has 5 rings (SSSR count). The Balaban J connectivity index is 1.42. The standard InChI is InChI=1S/C25H22F4N6O/c26-19-5-1-3-15(8-19)7-16-4-2-6-34(13-16)24(36)18-9-17(11-31-12-18)21-10-20(25(27,28)29)22-23(30)32-14-33-35(21)22/h1,3,5,8-12,14,16H,2,4,6-7,13H2,(H2,30,32,33)/t16-/m1/s1. The zero-order chi connectivity index (χ0) is 25.4. The highest BCUT2D eigenvalue weighted by Crippen LogP contribution is 2.38. The molecule has 1 saturated heterocycles. The second-order valence-electron chi connectivity index (χ2n) is 8.90. The van der Waals surface area contributed by atoms with Crippen LogP contribution >= 0.6 is 0 Å². The van der Waals surface area contributed by atoms with Crippen molar-refractivity contribution in [2.24, 2.45) is 5.92 Å². The lowest BCUT2D eigenvalue weighted by Crippen LogP contribution is -2.40. The highest BCUT2D eigenvalue weighted by Gasteiger charge is 2.36. The number of halogens is 4. The molecule has 4 aromatic rings. The van der Waals surface area contributed by atoms with Crippen molar-refractivity contribution < 1.29 is 22.4 Å². The summed E-state index contributed by atoms with van der Waals surface area (Å²) in [7, 11) is 0. The number of hydrogen-bond acceptors (Lipinski definition) is 5. The fraction of sp³-hybridized carbons (Fsp3) is 0.280. The van der Waals surface area contributed by atoms with Crippen LogP contribution in [0, 0.1) is 11.7 Å². The zero-order valence-electron chi connectivity index (χ0n) is 19.0. The van der Waals surface area contributed by atoms with E-state index in [0.717, 1.165) is 35.3 Å². The topological polar surface area (TPSA) is 89.4 Å². The molecule has 2 N–H and O–H groups in total. The average molecular weight is 498 g/mol. The molecule has 36 heavy (non-hydrogen) atoms. The van der Waals surface area contributed by atoms with Gasteiger partial charge in [0.15, 0.2) is 5.82 Å². The summed E-state index contributed by atoms with van der Waals surface area (Å²) >= 11 is 0. The molecule has 0 spiro atoms. The molecule has 1 aromatic carbocycles. The first-order chi connectivity index (χ1) is 17.2. The number of pyridine rings is 1. The third kappa shape index (κ3) is 4.60. The number of hydrogen-bond donors (Lipinski definition) is 1. The number of alkyl halides is 3. The summed E-state index contributed by atoms with van der Waals surface area (Å²) < 4.78 is 55.6. The number of benzene rings is 1. The number of nitrogens with two attached hydrogens (primary N) is 1. The minimum absolute atomic E-state index is 0.0937. The van der Waals surface area contributed by atoms with Crippen LogP contribution in [0.2, 0.25) is 0 Å². The smallest absolute Gasteiger partial charge is 0.382 e. The summed E-state index contributed by atoms with van der Waals surface area (Å²) in [5.74, 6) is -0.692. The summed E-state index contributed by atoms with van der Waals surface area (Å²) in [4.78, 5) is 22.8. The quantitative estimate of drug-likeness (QED) is 0.415. The fourth-order valence-corrected chi connectivity index (χ4v) is 4.78. The number of rotatable bonds is 4. The number of amides is 1. The molecule has 186 valence electrons. The third-order valence-corrected chi connectivity index (χ3v) is 6.39. The van der Waals surface area contributed by atoms with E-state index in [4.69, 9.17) is 5.73 Å². The van der Waals surface area contributed by atoms with Gasteiger partial charge in [0.25, 0.3) is 5.91 Å². The molecule has 0 saturated carbocycles. The summed E-state index contributed by atoms with van der Waals surface area (Å²) in [5.41, 5.74) is 5.92. The number of aromatic nitrogens is 4. The normalized spacial score (nSPS) is 16.4. The number of carbonyl (C=O) groups is 1. The molecule has 1 amide bonds. The van der Waals surface area contributed by atoms with Crippen LogP contribution in [-0.2, 0) is 12.6 Å². The minimum atomic E-state index is -4.67. The van der Waals surface area contributed by atoms with Gasteiger partial charge < -0.3 is 10.6 Å². The predicted molar refractivity (Wildman–Crippen MR) is 124 cm³/mol. The second kappa shape index (κ2) is 9.21. The highest BCUT2D eigenvalue weighted by atomic mass is 19.4. The highest BCUT2D eigenvalue weighted by molar-refractivity contribution is 5.95. The van der Waals surface area contributed by atoms with E-state index in [-0.39, 0.29) is 45.8 Å². The van der Waals surface area contributed by atoms with Crippen LogP contribution < -0.4 is 5.73 Å². The van der Waals surface area contributed by atoms with Crippen molar-refractivity contribution in [2.45, 2.75) is 25.4 Å². The number of anilines is 1. The van der Waals surface area contributed by atoms with Gasteiger partial charge in [0.2, 0.25) is 0 Å². The van der Waals surface area contributed by atoms with Gasteiger partial charge in [0, 0.05) is 31.0 Å². The van der Waals surface area contributed by atoms with Gasteiger partial charge in [-0.1, -0.05) is 12.1 Å². The Bertz CT molecular complexity index is 1430. The zero-order valence-corrected chi connectivity index (χ0v) is 19.0. The Labute approximate surface area is 203 Å². The molecule has 0 radical (unpaired) electrons. The van der Waals surface area contributed by atoms with Crippen LogP contribution in [0.1, 0.15) is 34.3 Å². The summed E-state index contributed by atoms with van der Waals surface area (Å²) in [5, 5.41) is 3.95. The number of nitrogens with zero attached hydrogens (tertiary/aromatic N) is 5. The number of piperidine rings is 1. The lowest BCUT2D eigenvalue weighted by molar-refractivity contribution is -0.136. The minimum Gasteiger partial charge on any atom is -0.382 e. The second-order valence-corrected chi connectivity index (χ2v) is 8.90. The Hall–Kier alpha value is -4.02. The van der Waals surface area contributed by atoms with Gasteiger partial charge in [0.05, 0.1) is 16.8 Å². The number of likely N-dealkylation sites (tertiary alicyclic amines) is 1. The molecule has 11 heteroatoms. The van der Waals surface area contributed by atoms with Crippen LogP contribution in [0.25, 0.3) is 16.8 Å². The van der Waals surface area contributed by atoms with Gasteiger partial charge >= 0.3 is 6.18 Å². The molecular weight excluding hydrogens is 476 g/mol. The SMILES string of the molecule is Nc1ncnn2c(-c3cncc(C(=O)N4CCC[C@H](Cc5cccc(F)c5)C4)c3)cc(C(F)(F)F)c12. The van der Waals surface area contributed by atoms with Gasteiger partial charge in [-0.3, -0.25) is 9.78 Å². The third-order valence-electron chi connectivity index (χ3n) is 6.39. The van der Waals surface area contributed by atoms with Crippen molar-refractivity contribution in [1.82, 2.24) is 24.5 Å². The summed E-state index contributed by atoms with van der Waals surface area (Å²) in [6.45, 7) is 1.05. The molecular formula is C25H22F4N6O. The van der Waals surface area contributed by atoms with Gasteiger partial charge in [-0.05, 0) is 55.0 Å². The first-order valence-corrected chi connectivity index (χ1v) is 11.4. The van der Waals surface area contributed by atoms with E-state index in [1.54, 1.807) is 11.0 Å². The molecule has 0 aliphatic carbocycles. The van der Waals surface area contributed by atoms with Crippen molar-refractivity contribution in [3.05, 3.63) is 77.6 Å². The fourth-order valence-electron chi connectivity index (χ4n) is 4.78. The summed E-state index contributed by atoms with van der Waals surface area (Å²) in [6, 6.07) is 8.87. The van der Waals surface area contributed by atoms with Crippen molar-refractivity contribution >= 4 is 17.2 Å². The van der Waals surface area contributed by atoms with Gasteiger partial charge in [-0.2, -0.15) is 18.3 Å². The van der Waals surface area contributed by atoms with Gasteiger partial charge in [0.1, 0.15) is 17.7 Å². The maximum Gasteiger partial charge on any atom is 0.418 e. The lowest BCUT2D eigenvalue weighted by atomic mass is 9.91. The number of carbonyl (C=O) groups excluding carboxylic acids is 1. The Morgan fingerprint density at radius 2 is 2.00 bits per heavy atom. The molecule has 1 aliphatic rings. The van der Waals surface area contributed by atoms with Crippen molar-refractivity contribution in [3.63, 3.8) is 0 Å². The largest absolute Gasteiger partial charge is 0.418 e. The van der Waals surface area contributed by atoms with Crippen molar-refractivity contribution in [2.75, 3.05) is 18.8 Å². The lowest BCUT2D eigenvalue weighted by Gasteiger charge is -2.33. The van der Waals surface area contributed by atoms with E-state index < -0.39 is 11.7 Å². The number of fused-ring (bicyclic) bond motifs is 1. The van der Waals surface area contributed by atoms with Crippen molar-refractivity contribution in [1.29, 1.82) is 0 Å². The molecule has 0 bridgehead atoms. The predicted octanol–water partition coefficient (Wildman–Crippen LogP) is 4.63. The Morgan fingerprint density at radius 3 is 2.78 bits per heavy atom. The molecule has 1 fully saturated rings. The monoisotopic (exact) mass is 498 g/mol. The Kier molecular flexibility index (Phi) is 6.07. The van der Waals surface area contributed by atoms with Crippen LogP contribution in [0.5, 0.6) is 0 Å². The van der Waals surface area contributed by atoms with Gasteiger partial charge in [-0.25, -0.2) is 13.9 Å². The van der Waals surface area contributed by atoms with Crippen LogP contribution in [0.4, 0.5) is 23.4 Å². The van der Waals surface area contributed by atoms with E-state index in [0.29, 0.717) is 19.5 Å². The van der Waals surface area contributed by atoms with Gasteiger partial charge in [-0.15, -0.1) is 0 Å². The maximum absolute atomic E-state index is 13.7. The van der Waals surface area contributed by atoms with E-state index in [9.17, 15) is 22.4 Å². The summed E-state index contributed by atoms with van der Waals surface area (Å²) in [6.07, 6.45) is 1.53. The Morgan fingerprint density at radius 1 is 1.17 bits per heavy atom.